The minimum Gasteiger partial charge on any atom is -0.355 e. The highest BCUT2D eigenvalue weighted by Gasteiger charge is 2.32. The van der Waals surface area contributed by atoms with Crippen LogP contribution in [0.1, 0.15) is 13.8 Å². The molecule has 1 aromatic rings. The molecule has 0 bridgehead atoms. The molecule has 0 aliphatic carbocycles. The van der Waals surface area contributed by atoms with Gasteiger partial charge in [0.05, 0.1) is 30.5 Å². The zero-order valence-corrected chi connectivity index (χ0v) is 17.1. The minimum absolute atomic E-state index is 0.211. The molecule has 0 aromatic carbocycles. The third-order valence-electron chi connectivity index (χ3n) is 4.10. The van der Waals surface area contributed by atoms with Crippen molar-refractivity contribution in [2.75, 3.05) is 39.3 Å². The number of hydrogen-bond acceptors (Lipinski definition) is 5. The smallest absolute Gasteiger partial charge is 0.275 e. The lowest BCUT2D eigenvalue weighted by atomic mass is 10.3. The first kappa shape index (κ1) is 21.1. The van der Waals surface area contributed by atoms with E-state index in [1.807, 2.05) is 6.92 Å². The molecule has 0 saturated carbocycles. The van der Waals surface area contributed by atoms with Crippen LogP contribution in [0.3, 0.4) is 0 Å². The molecule has 3 N–H and O–H groups in total. The summed E-state index contributed by atoms with van der Waals surface area (Å²) in [6.07, 6.45) is 0. The van der Waals surface area contributed by atoms with Crippen LogP contribution < -0.4 is 15.5 Å². The number of rotatable bonds is 7. The number of hydrogen-bond donors (Lipinski definition) is 3. The van der Waals surface area contributed by atoms with E-state index >= 15 is 0 Å². The number of likely N-dealkylation sites (N-methyl/N-ethyl adjacent to an activating group) is 1. The molecular formula is C15H24ClN4O4S2+. The molecule has 26 heavy (non-hydrogen) atoms. The second kappa shape index (κ2) is 9.14. The lowest BCUT2D eigenvalue weighted by Gasteiger charge is -2.31. The normalized spacial score (nSPS) is 17.7. The second-order valence-corrected chi connectivity index (χ2v) is 9.95. The third-order valence-corrected chi connectivity index (χ3v) is 7.70. The fourth-order valence-corrected chi connectivity index (χ4v) is 5.77. The van der Waals surface area contributed by atoms with Crippen LogP contribution >= 0.6 is 22.9 Å². The first-order valence-corrected chi connectivity index (χ1v) is 11.0. The standard InChI is InChI=1S/C15H23ClN4O4S2/c1-3-17-15(22)11(2)18-13(21)10-19-6-8-20(9-7-19)26(23,24)14-5-4-12(16)25-14/h4-5,11H,3,6-10H2,1-2H3,(H,17,22)(H,18,21)/p+1/t11-/m0/s1. The van der Waals surface area contributed by atoms with Gasteiger partial charge in [0.15, 0.2) is 6.54 Å². The second-order valence-electron chi connectivity index (χ2n) is 6.07. The zero-order valence-electron chi connectivity index (χ0n) is 14.7. The van der Waals surface area contributed by atoms with Gasteiger partial charge in [0.25, 0.3) is 15.9 Å². The predicted molar refractivity (Wildman–Crippen MR) is 99.9 cm³/mol. The predicted octanol–water partition coefficient (Wildman–Crippen LogP) is -1.07. The van der Waals surface area contributed by atoms with Gasteiger partial charge >= 0.3 is 0 Å². The minimum atomic E-state index is -3.53. The van der Waals surface area contributed by atoms with Gasteiger partial charge in [-0.1, -0.05) is 11.6 Å². The van der Waals surface area contributed by atoms with Crippen molar-refractivity contribution in [3.63, 3.8) is 0 Å². The van der Waals surface area contributed by atoms with Crippen molar-refractivity contribution in [2.24, 2.45) is 0 Å². The highest BCUT2D eigenvalue weighted by atomic mass is 35.5. The largest absolute Gasteiger partial charge is 0.355 e. The first-order valence-electron chi connectivity index (χ1n) is 8.40. The monoisotopic (exact) mass is 423 g/mol. The number of piperazine rings is 1. The van der Waals surface area contributed by atoms with E-state index in [0.717, 1.165) is 16.2 Å². The molecule has 1 aliphatic heterocycles. The van der Waals surface area contributed by atoms with E-state index < -0.39 is 16.1 Å². The van der Waals surface area contributed by atoms with Crippen LogP contribution in [0.4, 0.5) is 0 Å². The van der Waals surface area contributed by atoms with Gasteiger partial charge < -0.3 is 15.5 Å². The molecule has 1 fully saturated rings. The summed E-state index contributed by atoms with van der Waals surface area (Å²) in [6, 6.07) is 2.49. The summed E-state index contributed by atoms with van der Waals surface area (Å²) in [5, 5.41) is 5.32. The molecule has 1 aromatic heterocycles. The molecule has 11 heteroatoms. The molecule has 146 valence electrons. The Hall–Kier alpha value is -1.20. The van der Waals surface area contributed by atoms with Gasteiger partial charge in [-0.15, -0.1) is 11.3 Å². The Kier molecular flexibility index (Phi) is 7.42. The summed E-state index contributed by atoms with van der Waals surface area (Å²) in [5.41, 5.74) is 0. The molecule has 2 rings (SSSR count). The Morgan fingerprint density at radius 2 is 2.00 bits per heavy atom. The van der Waals surface area contributed by atoms with Crippen molar-refractivity contribution >= 4 is 44.8 Å². The maximum Gasteiger partial charge on any atom is 0.275 e. The molecule has 0 unspecified atom stereocenters. The molecule has 0 radical (unpaired) electrons. The van der Waals surface area contributed by atoms with Crippen molar-refractivity contribution in [1.29, 1.82) is 0 Å². The Balaban J connectivity index is 1.83. The summed E-state index contributed by atoms with van der Waals surface area (Å²) in [4.78, 5) is 24.7. The lowest BCUT2D eigenvalue weighted by Crippen LogP contribution is -3.15. The van der Waals surface area contributed by atoms with Crippen molar-refractivity contribution in [2.45, 2.75) is 24.1 Å². The van der Waals surface area contributed by atoms with Crippen LogP contribution in [0.15, 0.2) is 16.3 Å². The van der Waals surface area contributed by atoms with Crippen molar-refractivity contribution in [3.8, 4) is 0 Å². The molecule has 1 atom stereocenters. The SMILES string of the molecule is CCNC(=O)[C@H](C)NC(=O)C[NH+]1CCN(S(=O)(=O)c2ccc(Cl)s2)CC1. The van der Waals surface area contributed by atoms with E-state index in [-0.39, 0.29) is 22.6 Å². The molecular weight excluding hydrogens is 400 g/mol. The summed E-state index contributed by atoms with van der Waals surface area (Å²) >= 11 is 6.87. The van der Waals surface area contributed by atoms with Crippen LogP contribution in [0, 0.1) is 0 Å². The molecule has 2 heterocycles. The van der Waals surface area contributed by atoms with Gasteiger partial charge in [-0.25, -0.2) is 8.42 Å². The molecule has 1 aliphatic rings. The van der Waals surface area contributed by atoms with Crippen molar-refractivity contribution in [3.05, 3.63) is 16.5 Å². The summed E-state index contributed by atoms with van der Waals surface area (Å²) in [5.74, 6) is -0.443. The first-order chi connectivity index (χ1) is 12.2. The quantitative estimate of drug-likeness (QED) is 0.520. The van der Waals surface area contributed by atoms with E-state index in [4.69, 9.17) is 11.6 Å². The Bertz CT molecular complexity index is 745. The van der Waals surface area contributed by atoms with Gasteiger partial charge in [0, 0.05) is 6.54 Å². The number of amides is 2. The van der Waals surface area contributed by atoms with Crippen LogP contribution in [0.5, 0.6) is 0 Å². The van der Waals surface area contributed by atoms with Gasteiger partial charge in [-0.2, -0.15) is 4.31 Å². The zero-order chi connectivity index (χ0) is 19.3. The topological polar surface area (TPSA) is 100 Å². The van der Waals surface area contributed by atoms with Crippen LogP contribution in [0.25, 0.3) is 0 Å². The number of thiophene rings is 1. The van der Waals surface area contributed by atoms with E-state index in [2.05, 4.69) is 10.6 Å². The highest BCUT2D eigenvalue weighted by molar-refractivity contribution is 7.91. The Morgan fingerprint density at radius 3 is 2.54 bits per heavy atom. The van der Waals surface area contributed by atoms with Crippen molar-refractivity contribution in [1.82, 2.24) is 14.9 Å². The molecule has 2 amide bonds. The number of carbonyl (C=O) groups is 2. The Labute approximate surface area is 162 Å². The summed E-state index contributed by atoms with van der Waals surface area (Å²) < 4.78 is 27.2. The number of nitrogens with one attached hydrogen (secondary N) is 3. The van der Waals surface area contributed by atoms with Crippen LogP contribution in [-0.4, -0.2) is 69.8 Å². The Morgan fingerprint density at radius 1 is 1.35 bits per heavy atom. The van der Waals surface area contributed by atoms with Gasteiger partial charge in [-0.3, -0.25) is 9.59 Å². The number of halogens is 1. The fourth-order valence-electron chi connectivity index (χ4n) is 2.70. The number of sulfonamides is 1. The van der Waals surface area contributed by atoms with E-state index in [1.165, 1.54) is 10.4 Å². The maximum absolute atomic E-state index is 12.6. The summed E-state index contributed by atoms with van der Waals surface area (Å²) in [6.45, 7) is 5.91. The van der Waals surface area contributed by atoms with Crippen LogP contribution in [0.2, 0.25) is 4.34 Å². The average molecular weight is 424 g/mol. The fraction of sp³-hybridized carbons (Fsp3) is 0.600. The van der Waals surface area contributed by atoms with Gasteiger partial charge in [-0.05, 0) is 26.0 Å². The number of nitrogens with zero attached hydrogens (tertiary/aromatic N) is 1. The summed E-state index contributed by atoms with van der Waals surface area (Å²) in [7, 11) is -3.53. The average Bonchev–Trinajstić information content (AvgIpc) is 3.02. The van der Waals surface area contributed by atoms with Crippen LogP contribution in [-0.2, 0) is 19.6 Å². The lowest BCUT2D eigenvalue weighted by molar-refractivity contribution is -0.895. The van der Waals surface area contributed by atoms with E-state index in [1.54, 1.807) is 13.0 Å². The highest BCUT2D eigenvalue weighted by Crippen LogP contribution is 2.27. The molecule has 8 nitrogen and oxygen atoms in total. The van der Waals surface area contributed by atoms with Gasteiger partial charge in [0.2, 0.25) is 5.91 Å². The van der Waals surface area contributed by atoms with Crippen molar-refractivity contribution < 1.29 is 22.9 Å². The number of carbonyl (C=O) groups excluding carboxylic acids is 2. The van der Waals surface area contributed by atoms with E-state index in [0.29, 0.717) is 37.1 Å². The number of quaternary nitrogens is 1. The maximum atomic E-state index is 12.6. The third kappa shape index (κ3) is 5.40. The molecule has 0 spiro atoms. The molecule has 1 saturated heterocycles. The van der Waals surface area contributed by atoms with E-state index in [9.17, 15) is 18.0 Å². The van der Waals surface area contributed by atoms with Gasteiger partial charge in [0.1, 0.15) is 10.3 Å².